The van der Waals surface area contributed by atoms with E-state index >= 15 is 0 Å². The van der Waals surface area contributed by atoms with E-state index in [0.717, 1.165) is 38.6 Å². The Morgan fingerprint density at radius 1 is 0.308 bits per heavy atom. The number of hydrogen-bond donors (Lipinski definition) is 0. The smallest absolute Gasteiger partial charge is 0.164 e. The van der Waals surface area contributed by atoms with Crippen LogP contribution in [-0.2, 0) is 0 Å². The lowest BCUT2D eigenvalue weighted by Gasteiger charge is -2.15. The lowest BCUT2D eigenvalue weighted by molar-refractivity contribution is 1.07. The maximum absolute atomic E-state index is 5.20. The molecule has 12 aromatic rings. The van der Waals surface area contributed by atoms with Crippen molar-refractivity contribution >= 4 is 76.2 Å². The number of nitrogens with zero attached hydrogens (tertiary/aromatic N) is 5. The highest BCUT2D eigenvalue weighted by Gasteiger charge is 2.23. The maximum Gasteiger partial charge on any atom is 0.164 e. The first kappa shape index (κ1) is 27.7. The van der Waals surface area contributed by atoms with Gasteiger partial charge < -0.3 is 8.80 Å². The Morgan fingerprint density at radius 2 is 0.827 bits per heavy atom. The van der Waals surface area contributed by atoms with E-state index in [4.69, 9.17) is 15.0 Å². The third-order valence-corrected chi connectivity index (χ3v) is 10.8. The van der Waals surface area contributed by atoms with E-state index in [0.29, 0.717) is 17.5 Å². The van der Waals surface area contributed by atoms with Crippen LogP contribution in [0, 0.1) is 0 Å². The Labute approximate surface area is 297 Å². The highest BCUT2D eigenvalue weighted by atomic mass is 15.0. The lowest BCUT2D eigenvalue weighted by Crippen LogP contribution is -2.01. The highest BCUT2D eigenvalue weighted by molar-refractivity contribution is 6.30. The molecule has 0 amide bonds. The van der Waals surface area contributed by atoms with E-state index in [-0.39, 0.29) is 0 Å². The first-order valence-electron chi connectivity index (χ1n) is 17.6. The largest absolute Gasteiger partial charge is 0.307 e. The maximum atomic E-state index is 5.20. The van der Waals surface area contributed by atoms with Crippen LogP contribution in [0.25, 0.3) is 110 Å². The van der Waals surface area contributed by atoms with Gasteiger partial charge in [0.1, 0.15) is 0 Å². The Balaban J connectivity index is 1.34. The number of rotatable bonds is 3. The molecule has 0 N–H and O–H groups in total. The molecule has 0 aliphatic heterocycles. The second kappa shape index (κ2) is 10.2. The lowest BCUT2D eigenvalue weighted by atomic mass is 9.98. The van der Waals surface area contributed by atoms with Crippen molar-refractivity contribution in [3.63, 3.8) is 0 Å². The normalized spacial score (nSPS) is 12.2. The number of fused-ring (bicyclic) bond motifs is 8. The van der Waals surface area contributed by atoms with Gasteiger partial charge in [-0.3, -0.25) is 0 Å². The standard InChI is InChI=1S/C47H27N5/c1-3-12-30(13-4-1)45-48-46(31-14-5-2-6-15-31)50-47(49-45)32-26-36-34-18-8-10-20-38(34)51-39-21-11-16-28-22-23-29-24-25-35-33-17-7-9-19-37(33)52(40(27-32)43(36)51)44(35)42(29)41(28)39/h1-27H. The van der Waals surface area contributed by atoms with Crippen LogP contribution < -0.4 is 0 Å². The zero-order chi connectivity index (χ0) is 33.9. The Morgan fingerprint density at radius 3 is 1.50 bits per heavy atom. The van der Waals surface area contributed by atoms with Crippen molar-refractivity contribution in [2.24, 2.45) is 0 Å². The molecule has 5 heteroatoms. The van der Waals surface area contributed by atoms with E-state index in [1.165, 1.54) is 54.3 Å². The highest BCUT2D eigenvalue weighted by Crippen LogP contribution is 2.44. The van der Waals surface area contributed by atoms with Crippen LogP contribution >= 0.6 is 0 Å². The van der Waals surface area contributed by atoms with Crippen molar-refractivity contribution in [1.29, 1.82) is 0 Å². The molecule has 0 fully saturated rings. The molecule has 12 rings (SSSR count). The van der Waals surface area contributed by atoms with Crippen LogP contribution in [0.2, 0.25) is 0 Å². The molecule has 0 saturated heterocycles. The fraction of sp³-hybridized carbons (Fsp3) is 0. The van der Waals surface area contributed by atoms with Crippen molar-refractivity contribution < 1.29 is 0 Å². The third kappa shape index (κ3) is 3.69. The van der Waals surface area contributed by atoms with E-state index in [1.54, 1.807) is 0 Å². The van der Waals surface area contributed by atoms with E-state index < -0.39 is 0 Å². The quantitative estimate of drug-likeness (QED) is 0.177. The average molecular weight is 662 g/mol. The molecule has 4 aromatic heterocycles. The molecule has 240 valence electrons. The minimum absolute atomic E-state index is 0.637. The monoisotopic (exact) mass is 661 g/mol. The van der Waals surface area contributed by atoms with Crippen LogP contribution in [0.4, 0.5) is 0 Å². The van der Waals surface area contributed by atoms with Crippen LogP contribution in [-0.4, -0.2) is 23.8 Å². The summed E-state index contributed by atoms with van der Waals surface area (Å²) in [4.78, 5) is 15.4. The van der Waals surface area contributed by atoms with Crippen LogP contribution in [0.5, 0.6) is 0 Å². The molecule has 0 unspecified atom stereocenters. The summed E-state index contributed by atoms with van der Waals surface area (Å²) in [6.07, 6.45) is 0. The van der Waals surface area contributed by atoms with Crippen molar-refractivity contribution in [3.05, 3.63) is 164 Å². The van der Waals surface area contributed by atoms with Gasteiger partial charge in [-0.2, -0.15) is 0 Å². The first-order valence-corrected chi connectivity index (χ1v) is 17.6. The summed E-state index contributed by atoms with van der Waals surface area (Å²) in [5, 5.41) is 9.80. The fourth-order valence-electron chi connectivity index (χ4n) is 8.62. The number of para-hydroxylation sites is 2. The number of aromatic nitrogens is 5. The fourth-order valence-corrected chi connectivity index (χ4v) is 8.62. The molecule has 8 aromatic carbocycles. The molecule has 0 atom stereocenters. The zero-order valence-electron chi connectivity index (χ0n) is 27.8. The Kier molecular flexibility index (Phi) is 5.44. The van der Waals surface area contributed by atoms with Gasteiger partial charge in [0.2, 0.25) is 0 Å². The van der Waals surface area contributed by atoms with Crippen LogP contribution in [0.15, 0.2) is 164 Å². The van der Waals surface area contributed by atoms with Crippen molar-refractivity contribution in [2.45, 2.75) is 0 Å². The van der Waals surface area contributed by atoms with Crippen molar-refractivity contribution in [1.82, 2.24) is 23.8 Å². The van der Waals surface area contributed by atoms with E-state index in [2.05, 4.69) is 136 Å². The SMILES string of the molecule is c1ccc(-c2nc(-c3ccccc3)nc(-c3cc4c5ccccc5n5c6cccc7ccc8ccc9c%10ccccc%10n(c(c3)c45)c9c8c76)n2)cc1. The van der Waals surface area contributed by atoms with Gasteiger partial charge in [0, 0.05) is 49.0 Å². The summed E-state index contributed by atoms with van der Waals surface area (Å²) in [6.45, 7) is 0. The molecule has 0 radical (unpaired) electrons. The summed E-state index contributed by atoms with van der Waals surface area (Å²) >= 11 is 0. The summed E-state index contributed by atoms with van der Waals surface area (Å²) in [7, 11) is 0. The summed E-state index contributed by atoms with van der Waals surface area (Å²) in [5.74, 6) is 1.93. The van der Waals surface area contributed by atoms with Gasteiger partial charge in [-0.05, 0) is 41.1 Å². The molecular formula is C47H27N5. The molecule has 0 aliphatic carbocycles. The summed E-state index contributed by atoms with van der Waals surface area (Å²) in [6, 6.07) is 58.4. The molecule has 4 heterocycles. The molecule has 52 heavy (non-hydrogen) atoms. The molecule has 0 spiro atoms. The number of hydrogen-bond acceptors (Lipinski definition) is 3. The predicted molar refractivity (Wildman–Crippen MR) is 214 cm³/mol. The van der Waals surface area contributed by atoms with Gasteiger partial charge in [0.15, 0.2) is 17.5 Å². The molecular weight excluding hydrogens is 635 g/mol. The Hall–Kier alpha value is -7.11. The summed E-state index contributed by atoms with van der Waals surface area (Å²) < 4.78 is 4.99. The van der Waals surface area contributed by atoms with Gasteiger partial charge in [0.05, 0.1) is 33.1 Å². The predicted octanol–water partition coefficient (Wildman–Crippen LogP) is 11.7. The molecule has 0 aliphatic rings. The van der Waals surface area contributed by atoms with Gasteiger partial charge >= 0.3 is 0 Å². The molecule has 0 bridgehead atoms. The minimum atomic E-state index is 0.637. The van der Waals surface area contributed by atoms with Crippen LogP contribution in [0.3, 0.4) is 0 Å². The first-order chi connectivity index (χ1) is 25.8. The molecule has 0 saturated carbocycles. The van der Waals surface area contributed by atoms with E-state index in [1.807, 2.05) is 36.4 Å². The second-order valence-electron chi connectivity index (χ2n) is 13.6. The second-order valence-corrected chi connectivity index (χ2v) is 13.6. The van der Waals surface area contributed by atoms with E-state index in [9.17, 15) is 0 Å². The summed E-state index contributed by atoms with van der Waals surface area (Å²) in [5.41, 5.74) is 9.83. The zero-order valence-corrected chi connectivity index (χ0v) is 27.8. The van der Waals surface area contributed by atoms with Gasteiger partial charge in [-0.25, -0.2) is 15.0 Å². The van der Waals surface area contributed by atoms with Crippen molar-refractivity contribution in [3.8, 4) is 34.2 Å². The van der Waals surface area contributed by atoms with Crippen LogP contribution in [0.1, 0.15) is 0 Å². The average Bonchev–Trinajstić information content (AvgIpc) is 3.73. The number of benzene rings is 8. The molecule has 5 nitrogen and oxygen atoms in total. The van der Waals surface area contributed by atoms with Gasteiger partial charge in [-0.1, -0.05) is 133 Å². The Bertz CT molecular complexity index is 3340. The third-order valence-electron chi connectivity index (χ3n) is 10.8. The minimum Gasteiger partial charge on any atom is -0.307 e. The topological polar surface area (TPSA) is 47.5 Å². The van der Waals surface area contributed by atoms with Gasteiger partial charge in [-0.15, -0.1) is 0 Å². The van der Waals surface area contributed by atoms with Gasteiger partial charge in [0.25, 0.3) is 0 Å². The van der Waals surface area contributed by atoms with Crippen molar-refractivity contribution in [2.75, 3.05) is 0 Å².